The predicted molar refractivity (Wildman–Crippen MR) is 90.4 cm³/mol. The first-order valence-corrected chi connectivity index (χ1v) is 7.27. The minimum atomic E-state index is -0.207. The zero-order valence-electron chi connectivity index (χ0n) is 13.3. The van der Waals surface area contributed by atoms with Crippen LogP contribution >= 0.6 is 0 Å². The van der Waals surface area contributed by atoms with E-state index in [4.69, 9.17) is 0 Å². The van der Waals surface area contributed by atoms with Gasteiger partial charge in [-0.2, -0.15) is 0 Å². The van der Waals surface area contributed by atoms with Crippen LogP contribution in [0.3, 0.4) is 0 Å². The van der Waals surface area contributed by atoms with Crippen molar-refractivity contribution < 1.29 is 4.79 Å². The topological polar surface area (TPSA) is 57.3 Å². The standard InChI is InChI=1S/C17H22N4O/c1-13-5-4-6-15(11-13)20-17(22)16-12-14(7-8-19-16)18-9-10-21(2)3/h4-8,11-12H,9-10H2,1-3H3,(H,18,19)(H,20,22). The number of amides is 1. The van der Waals surface area contributed by atoms with Gasteiger partial charge in [0.2, 0.25) is 0 Å². The van der Waals surface area contributed by atoms with Gasteiger partial charge >= 0.3 is 0 Å². The Morgan fingerprint density at radius 1 is 1.18 bits per heavy atom. The van der Waals surface area contributed by atoms with Gasteiger partial charge in [-0.3, -0.25) is 9.78 Å². The van der Waals surface area contributed by atoms with E-state index in [9.17, 15) is 4.79 Å². The van der Waals surface area contributed by atoms with E-state index in [1.807, 2.05) is 51.4 Å². The van der Waals surface area contributed by atoms with E-state index in [0.717, 1.165) is 30.0 Å². The fourth-order valence-electron chi connectivity index (χ4n) is 2.01. The first kappa shape index (κ1) is 16.0. The molecule has 5 heteroatoms. The average Bonchev–Trinajstić information content (AvgIpc) is 2.47. The van der Waals surface area contributed by atoms with E-state index in [1.54, 1.807) is 12.3 Å². The first-order valence-electron chi connectivity index (χ1n) is 7.27. The third-order valence-corrected chi connectivity index (χ3v) is 3.16. The van der Waals surface area contributed by atoms with Crippen LogP contribution in [0.4, 0.5) is 11.4 Å². The second-order valence-electron chi connectivity index (χ2n) is 5.48. The van der Waals surface area contributed by atoms with Crippen molar-refractivity contribution in [2.24, 2.45) is 0 Å². The van der Waals surface area contributed by atoms with Gasteiger partial charge in [-0.1, -0.05) is 12.1 Å². The Morgan fingerprint density at radius 3 is 2.73 bits per heavy atom. The SMILES string of the molecule is Cc1cccc(NC(=O)c2cc(NCCN(C)C)ccn2)c1. The predicted octanol–water partition coefficient (Wildman–Crippen LogP) is 2.62. The highest BCUT2D eigenvalue weighted by molar-refractivity contribution is 6.03. The van der Waals surface area contributed by atoms with Crippen LogP contribution in [-0.2, 0) is 0 Å². The van der Waals surface area contributed by atoms with Crippen LogP contribution in [0.25, 0.3) is 0 Å². The number of benzene rings is 1. The molecule has 2 aromatic rings. The molecule has 5 nitrogen and oxygen atoms in total. The van der Waals surface area contributed by atoms with Gasteiger partial charge in [0.15, 0.2) is 0 Å². The molecule has 1 amide bonds. The van der Waals surface area contributed by atoms with Crippen molar-refractivity contribution in [2.75, 3.05) is 37.8 Å². The van der Waals surface area contributed by atoms with Crippen molar-refractivity contribution in [3.8, 4) is 0 Å². The summed E-state index contributed by atoms with van der Waals surface area (Å²) in [6.45, 7) is 3.73. The number of aromatic nitrogens is 1. The molecule has 1 aromatic carbocycles. The molecule has 1 aromatic heterocycles. The molecule has 0 aliphatic rings. The van der Waals surface area contributed by atoms with Crippen molar-refractivity contribution in [3.63, 3.8) is 0 Å². The molecule has 0 saturated carbocycles. The zero-order chi connectivity index (χ0) is 15.9. The minimum Gasteiger partial charge on any atom is -0.384 e. The Morgan fingerprint density at radius 2 is 2.00 bits per heavy atom. The molecular weight excluding hydrogens is 276 g/mol. The van der Waals surface area contributed by atoms with Gasteiger partial charge in [0.1, 0.15) is 5.69 Å². The number of hydrogen-bond acceptors (Lipinski definition) is 4. The zero-order valence-corrected chi connectivity index (χ0v) is 13.3. The Hall–Kier alpha value is -2.40. The summed E-state index contributed by atoms with van der Waals surface area (Å²) in [5.74, 6) is -0.207. The minimum absolute atomic E-state index is 0.207. The van der Waals surface area contributed by atoms with Gasteiger partial charge in [0.25, 0.3) is 5.91 Å². The Bertz CT molecular complexity index is 640. The second-order valence-corrected chi connectivity index (χ2v) is 5.48. The van der Waals surface area contributed by atoms with Crippen molar-refractivity contribution in [1.82, 2.24) is 9.88 Å². The number of nitrogens with one attached hydrogen (secondary N) is 2. The molecule has 1 heterocycles. The first-order chi connectivity index (χ1) is 10.5. The summed E-state index contributed by atoms with van der Waals surface area (Å²) in [6.07, 6.45) is 1.64. The van der Waals surface area contributed by atoms with E-state index in [2.05, 4.69) is 20.5 Å². The van der Waals surface area contributed by atoms with Crippen molar-refractivity contribution in [2.45, 2.75) is 6.92 Å². The Labute approximate surface area is 131 Å². The van der Waals surface area contributed by atoms with Crippen LogP contribution in [0.5, 0.6) is 0 Å². The number of hydrogen-bond donors (Lipinski definition) is 2. The summed E-state index contributed by atoms with van der Waals surface area (Å²) < 4.78 is 0. The Balaban J connectivity index is 2.00. The Kier molecular flexibility index (Phi) is 5.49. The summed E-state index contributed by atoms with van der Waals surface area (Å²) in [7, 11) is 4.05. The number of rotatable bonds is 6. The maximum Gasteiger partial charge on any atom is 0.274 e. The maximum atomic E-state index is 12.3. The van der Waals surface area contributed by atoms with E-state index in [0.29, 0.717) is 5.69 Å². The molecule has 0 aliphatic heterocycles. The highest BCUT2D eigenvalue weighted by atomic mass is 16.1. The number of carbonyl (C=O) groups excluding carboxylic acids is 1. The second kappa shape index (κ2) is 7.56. The molecule has 2 N–H and O–H groups in total. The van der Waals surface area contributed by atoms with Crippen molar-refractivity contribution in [3.05, 3.63) is 53.9 Å². The third-order valence-electron chi connectivity index (χ3n) is 3.16. The van der Waals surface area contributed by atoms with Crippen LogP contribution in [0.1, 0.15) is 16.1 Å². The molecular formula is C17H22N4O. The lowest BCUT2D eigenvalue weighted by atomic mass is 10.2. The molecule has 2 rings (SSSR count). The lowest BCUT2D eigenvalue weighted by molar-refractivity contribution is 0.102. The number of likely N-dealkylation sites (N-methyl/N-ethyl adjacent to an activating group) is 1. The molecule has 0 fully saturated rings. The fraction of sp³-hybridized carbons (Fsp3) is 0.294. The van der Waals surface area contributed by atoms with E-state index >= 15 is 0 Å². The van der Waals surface area contributed by atoms with Crippen LogP contribution < -0.4 is 10.6 Å². The molecule has 22 heavy (non-hydrogen) atoms. The normalized spacial score (nSPS) is 10.5. The summed E-state index contributed by atoms with van der Waals surface area (Å²) in [4.78, 5) is 18.5. The van der Waals surface area contributed by atoms with Gasteiger partial charge in [-0.05, 0) is 50.8 Å². The summed E-state index contributed by atoms with van der Waals surface area (Å²) in [5, 5.41) is 6.15. The molecule has 0 unspecified atom stereocenters. The quantitative estimate of drug-likeness (QED) is 0.861. The summed E-state index contributed by atoms with van der Waals surface area (Å²) in [5.41, 5.74) is 3.17. The number of carbonyl (C=O) groups is 1. The van der Waals surface area contributed by atoms with Gasteiger partial charge in [-0.15, -0.1) is 0 Å². The van der Waals surface area contributed by atoms with Crippen LogP contribution in [0.2, 0.25) is 0 Å². The van der Waals surface area contributed by atoms with E-state index < -0.39 is 0 Å². The number of anilines is 2. The number of pyridine rings is 1. The van der Waals surface area contributed by atoms with Gasteiger partial charge in [0, 0.05) is 30.7 Å². The van der Waals surface area contributed by atoms with Crippen LogP contribution in [-0.4, -0.2) is 43.0 Å². The van der Waals surface area contributed by atoms with E-state index in [-0.39, 0.29) is 5.91 Å². The monoisotopic (exact) mass is 298 g/mol. The number of aryl methyl sites for hydroxylation is 1. The van der Waals surface area contributed by atoms with Crippen LogP contribution in [0, 0.1) is 6.92 Å². The smallest absolute Gasteiger partial charge is 0.274 e. The van der Waals surface area contributed by atoms with Crippen molar-refractivity contribution in [1.29, 1.82) is 0 Å². The summed E-state index contributed by atoms with van der Waals surface area (Å²) >= 11 is 0. The molecule has 116 valence electrons. The van der Waals surface area contributed by atoms with Crippen LogP contribution in [0.15, 0.2) is 42.6 Å². The largest absolute Gasteiger partial charge is 0.384 e. The molecule has 0 radical (unpaired) electrons. The highest BCUT2D eigenvalue weighted by Crippen LogP contribution is 2.13. The number of nitrogens with zero attached hydrogens (tertiary/aromatic N) is 2. The van der Waals surface area contributed by atoms with Gasteiger partial charge < -0.3 is 15.5 Å². The lowest BCUT2D eigenvalue weighted by Gasteiger charge is -2.12. The van der Waals surface area contributed by atoms with Gasteiger partial charge in [-0.25, -0.2) is 0 Å². The summed E-state index contributed by atoms with van der Waals surface area (Å²) in [6, 6.07) is 11.3. The maximum absolute atomic E-state index is 12.3. The molecule has 0 atom stereocenters. The highest BCUT2D eigenvalue weighted by Gasteiger charge is 2.08. The van der Waals surface area contributed by atoms with E-state index in [1.165, 1.54) is 0 Å². The fourth-order valence-corrected chi connectivity index (χ4v) is 2.01. The molecule has 0 aliphatic carbocycles. The molecule has 0 saturated heterocycles. The molecule has 0 spiro atoms. The van der Waals surface area contributed by atoms with Gasteiger partial charge in [0.05, 0.1) is 0 Å². The molecule has 0 bridgehead atoms. The van der Waals surface area contributed by atoms with Crippen molar-refractivity contribution >= 4 is 17.3 Å². The third kappa shape index (κ3) is 4.86. The average molecular weight is 298 g/mol. The lowest BCUT2D eigenvalue weighted by Crippen LogP contribution is -2.21.